The van der Waals surface area contributed by atoms with Gasteiger partial charge in [-0.15, -0.1) is 0 Å². The lowest BCUT2D eigenvalue weighted by Gasteiger charge is -2.24. The molecule has 2 amide bonds. The van der Waals surface area contributed by atoms with E-state index in [2.05, 4.69) is 0 Å². The topological polar surface area (TPSA) is 97.8 Å². The third kappa shape index (κ3) is 8.36. The molecular weight excluding hydrogens is 380 g/mol. The Labute approximate surface area is 172 Å². The van der Waals surface area contributed by atoms with Crippen LogP contribution in [0.1, 0.15) is 20.7 Å². The fourth-order valence-electron chi connectivity index (χ4n) is 2.66. The number of methoxy groups -OCH3 is 4. The van der Waals surface area contributed by atoms with E-state index in [1.54, 1.807) is 38.2 Å². The van der Waals surface area contributed by atoms with Gasteiger partial charge in [0.25, 0.3) is 11.8 Å². The molecule has 1 aromatic rings. The summed E-state index contributed by atoms with van der Waals surface area (Å²) in [5.74, 6) is -0.787. The first-order valence-corrected chi connectivity index (χ1v) is 9.36. The fraction of sp³-hybridized carbons (Fsp3) is 0.600. The van der Waals surface area contributed by atoms with Crippen LogP contribution in [-0.4, -0.2) is 108 Å². The molecule has 1 rings (SSSR count). The number of phenolic OH excluding ortho intramolecular Hbond substituents is 1. The fourth-order valence-corrected chi connectivity index (χ4v) is 2.66. The molecule has 0 aromatic heterocycles. The average Bonchev–Trinajstić information content (AvgIpc) is 2.72. The van der Waals surface area contributed by atoms with Crippen molar-refractivity contribution in [1.82, 2.24) is 9.80 Å². The van der Waals surface area contributed by atoms with Crippen LogP contribution in [0.25, 0.3) is 0 Å². The summed E-state index contributed by atoms with van der Waals surface area (Å²) in [7, 11) is 6.22. The summed E-state index contributed by atoms with van der Waals surface area (Å²) in [6, 6.07) is 4.18. The molecule has 0 radical (unpaired) electrons. The summed E-state index contributed by atoms with van der Waals surface area (Å²) in [6.07, 6.45) is 0. The van der Waals surface area contributed by atoms with E-state index < -0.39 is 0 Å². The third-order valence-corrected chi connectivity index (χ3v) is 4.25. The van der Waals surface area contributed by atoms with E-state index in [-0.39, 0.29) is 28.7 Å². The number of carbonyl (C=O) groups excluding carboxylic acids is 2. The minimum atomic E-state index is -0.315. The molecule has 9 nitrogen and oxygen atoms in total. The molecule has 0 aliphatic heterocycles. The van der Waals surface area contributed by atoms with Crippen molar-refractivity contribution in [2.24, 2.45) is 0 Å². The van der Waals surface area contributed by atoms with Crippen molar-refractivity contribution in [2.75, 3.05) is 81.0 Å². The molecular formula is C20H32N2O7. The van der Waals surface area contributed by atoms with Crippen molar-refractivity contribution in [3.63, 3.8) is 0 Å². The number of benzene rings is 1. The van der Waals surface area contributed by atoms with E-state index in [1.165, 1.54) is 18.2 Å². The lowest BCUT2D eigenvalue weighted by molar-refractivity contribution is 0.0622. The molecule has 0 unspecified atom stereocenters. The van der Waals surface area contributed by atoms with Crippen molar-refractivity contribution in [2.45, 2.75) is 0 Å². The number of hydrogen-bond acceptors (Lipinski definition) is 7. The standard InChI is InChI=1S/C20H32N2O7/c1-26-9-5-21(6-10-27-2)19(24)16-13-17(15-18(23)14-16)20(25)22(7-11-28-3)8-12-29-4/h13-15,23H,5-12H2,1-4H3. The van der Waals surface area contributed by atoms with Gasteiger partial charge in [0.05, 0.1) is 26.4 Å². The molecule has 0 aliphatic carbocycles. The Morgan fingerprint density at radius 2 is 1.00 bits per heavy atom. The highest BCUT2D eigenvalue weighted by molar-refractivity contribution is 6.00. The predicted octanol–water partition coefficient (Wildman–Crippen LogP) is 0.862. The van der Waals surface area contributed by atoms with Gasteiger partial charge in [0.2, 0.25) is 0 Å². The molecule has 0 aliphatic rings. The maximum atomic E-state index is 12.9. The lowest BCUT2D eigenvalue weighted by atomic mass is 10.1. The maximum absolute atomic E-state index is 12.9. The lowest BCUT2D eigenvalue weighted by Crippen LogP contribution is -2.37. The summed E-state index contributed by atoms with van der Waals surface area (Å²) in [6.45, 7) is 2.92. The van der Waals surface area contributed by atoms with Crippen molar-refractivity contribution in [1.29, 1.82) is 0 Å². The molecule has 0 heterocycles. The molecule has 0 bridgehead atoms. The summed E-state index contributed by atoms with van der Waals surface area (Å²) in [5, 5.41) is 10.1. The summed E-state index contributed by atoms with van der Waals surface area (Å²) in [4.78, 5) is 29.0. The highest BCUT2D eigenvalue weighted by atomic mass is 16.5. The van der Waals surface area contributed by atoms with Crippen LogP contribution >= 0.6 is 0 Å². The molecule has 0 saturated carbocycles. The third-order valence-electron chi connectivity index (χ3n) is 4.25. The van der Waals surface area contributed by atoms with Gasteiger partial charge in [0, 0.05) is 65.7 Å². The van der Waals surface area contributed by atoms with Crippen LogP contribution in [-0.2, 0) is 18.9 Å². The Hall–Kier alpha value is -2.20. The molecule has 1 N–H and O–H groups in total. The first-order valence-electron chi connectivity index (χ1n) is 9.36. The van der Waals surface area contributed by atoms with Gasteiger partial charge in [-0.05, 0) is 18.2 Å². The van der Waals surface area contributed by atoms with E-state index in [4.69, 9.17) is 18.9 Å². The Morgan fingerprint density at radius 1 is 0.690 bits per heavy atom. The zero-order valence-corrected chi connectivity index (χ0v) is 17.7. The number of amides is 2. The van der Waals surface area contributed by atoms with Crippen LogP contribution < -0.4 is 0 Å². The summed E-state index contributed by atoms with van der Waals surface area (Å²) < 4.78 is 20.2. The molecule has 0 spiro atoms. The zero-order chi connectivity index (χ0) is 21.6. The minimum absolute atomic E-state index is 0.156. The van der Waals surface area contributed by atoms with E-state index >= 15 is 0 Å². The van der Waals surface area contributed by atoms with Gasteiger partial charge in [-0.25, -0.2) is 0 Å². The van der Waals surface area contributed by atoms with E-state index in [0.717, 1.165) is 0 Å². The summed E-state index contributed by atoms with van der Waals surface area (Å²) >= 11 is 0. The van der Waals surface area contributed by atoms with Crippen molar-refractivity contribution < 1.29 is 33.6 Å². The SMILES string of the molecule is COCCN(CCOC)C(=O)c1cc(O)cc(C(=O)N(CCOC)CCOC)c1. The van der Waals surface area contributed by atoms with E-state index in [0.29, 0.717) is 52.6 Å². The van der Waals surface area contributed by atoms with Crippen LogP contribution in [0.3, 0.4) is 0 Å². The first-order chi connectivity index (χ1) is 14.0. The smallest absolute Gasteiger partial charge is 0.254 e. The summed E-state index contributed by atoms with van der Waals surface area (Å²) in [5.41, 5.74) is 0.443. The van der Waals surface area contributed by atoms with Crippen LogP contribution in [0.15, 0.2) is 18.2 Å². The number of aromatic hydroxyl groups is 1. The van der Waals surface area contributed by atoms with E-state index in [9.17, 15) is 14.7 Å². The number of hydrogen-bond donors (Lipinski definition) is 1. The second kappa shape index (κ2) is 13.9. The molecule has 0 saturated heterocycles. The number of phenols is 1. The van der Waals surface area contributed by atoms with Crippen LogP contribution in [0.5, 0.6) is 5.75 Å². The maximum Gasteiger partial charge on any atom is 0.254 e. The second-order valence-corrected chi connectivity index (χ2v) is 6.32. The monoisotopic (exact) mass is 412 g/mol. The average molecular weight is 412 g/mol. The van der Waals surface area contributed by atoms with Gasteiger partial charge < -0.3 is 33.9 Å². The molecule has 29 heavy (non-hydrogen) atoms. The van der Waals surface area contributed by atoms with Crippen molar-refractivity contribution >= 4 is 11.8 Å². The van der Waals surface area contributed by atoms with Crippen LogP contribution in [0.2, 0.25) is 0 Å². The number of nitrogens with zero attached hydrogens (tertiary/aromatic N) is 2. The Bertz CT molecular complexity index is 573. The molecule has 9 heteroatoms. The van der Waals surface area contributed by atoms with Gasteiger partial charge in [-0.2, -0.15) is 0 Å². The minimum Gasteiger partial charge on any atom is -0.508 e. The Kier molecular flexibility index (Phi) is 11.9. The molecule has 0 atom stereocenters. The second-order valence-electron chi connectivity index (χ2n) is 6.32. The van der Waals surface area contributed by atoms with Crippen LogP contribution in [0, 0.1) is 0 Å². The molecule has 1 aromatic carbocycles. The van der Waals surface area contributed by atoms with Crippen LogP contribution in [0.4, 0.5) is 0 Å². The Morgan fingerprint density at radius 3 is 1.28 bits per heavy atom. The van der Waals surface area contributed by atoms with E-state index in [1.807, 2.05) is 0 Å². The molecule has 0 fully saturated rings. The first kappa shape index (κ1) is 24.8. The predicted molar refractivity (Wildman–Crippen MR) is 107 cm³/mol. The highest BCUT2D eigenvalue weighted by Crippen LogP contribution is 2.19. The quantitative estimate of drug-likeness (QED) is 0.484. The van der Waals surface area contributed by atoms with Gasteiger partial charge in [-0.1, -0.05) is 0 Å². The van der Waals surface area contributed by atoms with Gasteiger partial charge in [0.1, 0.15) is 5.75 Å². The highest BCUT2D eigenvalue weighted by Gasteiger charge is 2.21. The molecule has 164 valence electrons. The van der Waals surface area contributed by atoms with Crippen molar-refractivity contribution in [3.8, 4) is 5.75 Å². The number of rotatable bonds is 14. The number of ether oxygens (including phenoxy) is 4. The van der Waals surface area contributed by atoms with Gasteiger partial charge in [-0.3, -0.25) is 9.59 Å². The van der Waals surface area contributed by atoms with Crippen molar-refractivity contribution in [3.05, 3.63) is 29.3 Å². The Balaban J connectivity index is 3.09. The normalized spacial score (nSPS) is 10.8. The zero-order valence-electron chi connectivity index (χ0n) is 17.7. The van der Waals surface area contributed by atoms with Gasteiger partial charge >= 0.3 is 0 Å². The largest absolute Gasteiger partial charge is 0.508 e. The number of carbonyl (C=O) groups is 2. The van der Waals surface area contributed by atoms with Gasteiger partial charge in [0.15, 0.2) is 0 Å².